The highest BCUT2D eigenvalue weighted by atomic mass is 32.2. The Labute approximate surface area is 107 Å². The van der Waals surface area contributed by atoms with E-state index in [1.165, 1.54) is 19.1 Å². The highest BCUT2D eigenvalue weighted by Gasteiger charge is 2.18. The topological polar surface area (TPSA) is 83.8 Å². The largest absolute Gasteiger partial charge is 0.393 e. The fourth-order valence-electron chi connectivity index (χ4n) is 1.40. The second-order valence-electron chi connectivity index (χ2n) is 4.29. The summed E-state index contributed by atoms with van der Waals surface area (Å²) in [6, 6.07) is 6.24. The lowest BCUT2D eigenvalue weighted by Gasteiger charge is -2.12. The maximum atomic E-state index is 11.7. The minimum atomic E-state index is -3.85. The van der Waals surface area contributed by atoms with E-state index >= 15 is 0 Å². The number of rotatable bonds is 6. The molecule has 0 aromatic heterocycles. The molecule has 1 aromatic rings. The smallest absolute Gasteiger partial charge is 0.297 e. The van der Waals surface area contributed by atoms with Crippen molar-refractivity contribution in [2.45, 2.75) is 37.4 Å². The Kier molecular flexibility index (Phi) is 5.28. The minimum absolute atomic E-state index is 0.0531. The number of hydrogen-bond donors (Lipinski definition) is 2. The zero-order valence-electron chi connectivity index (χ0n) is 10.4. The van der Waals surface area contributed by atoms with Crippen molar-refractivity contribution in [3.05, 3.63) is 29.8 Å². The normalized spacial score (nSPS) is 15.3. The molecule has 2 N–H and O–H groups in total. The average molecular weight is 274 g/mol. The molecule has 0 amide bonds. The molecule has 0 saturated carbocycles. The summed E-state index contributed by atoms with van der Waals surface area (Å²) in [4.78, 5) is 0.0531. The van der Waals surface area contributed by atoms with Crippen molar-refractivity contribution in [3.8, 4) is 0 Å². The number of aliphatic hydroxyl groups is 2. The summed E-state index contributed by atoms with van der Waals surface area (Å²) in [7, 11) is -3.85. The van der Waals surface area contributed by atoms with Gasteiger partial charge in [-0.1, -0.05) is 17.7 Å². The van der Waals surface area contributed by atoms with Gasteiger partial charge >= 0.3 is 0 Å². The summed E-state index contributed by atoms with van der Waals surface area (Å²) in [5.41, 5.74) is 0.947. The van der Waals surface area contributed by atoms with Crippen LogP contribution in [0.15, 0.2) is 29.2 Å². The van der Waals surface area contributed by atoms with Crippen LogP contribution in [0.25, 0.3) is 0 Å². The molecule has 1 rings (SSSR count). The van der Waals surface area contributed by atoms with Gasteiger partial charge in [-0.25, -0.2) is 0 Å². The third kappa shape index (κ3) is 4.73. The SMILES string of the molecule is Cc1ccc(S(=O)(=O)OCC(O)CC(C)O)cc1. The fraction of sp³-hybridized carbons (Fsp3) is 0.500. The first-order valence-corrected chi connectivity index (χ1v) is 7.04. The average Bonchev–Trinajstić information content (AvgIpc) is 2.26. The summed E-state index contributed by atoms with van der Waals surface area (Å²) in [6.07, 6.45) is -1.64. The molecule has 18 heavy (non-hydrogen) atoms. The van der Waals surface area contributed by atoms with Gasteiger partial charge in [-0.2, -0.15) is 8.42 Å². The van der Waals surface area contributed by atoms with E-state index < -0.39 is 22.3 Å². The van der Waals surface area contributed by atoms with Crippen LogP contribution in [-0.4, -0.2) is 37.4 Å². The van der Waals surface area contributed by atoms with E-state index in [1.807, 2.05) is 6.92 Å². The van der Waals surface area contributed by atoms with E-state index in [2.05, 4.69) is 0 Å². The number of aliphatic hydroxyl groups excluding tert-OH is 2. The molecule has 0 fully saturated rings. The van der Waals surface area contributed by atoms with E-state index in [9.17, 15) is 13.5 Å². The Hall–Kier alpha value is -0.950. The van der Waals surface area contributed by atoms with Crippen LogP contribution in [0.2, 0.25) is 0 Å². The van der Waals surface area contributed by atoms with Crippen LogP contribution in [0.1, 0.15) is 18.9 Å². The second-order valence-corrected chi connectivity index (χ2v) is 5.91. The van der Waals surface area contributed by atoms with E-state index in [4.69, 9.17) is 9.29 Å². The molecular formula is C12H18O5S. The van der Waals surface area contributed by atoms with Gasteiger partial charge in [-0.3, -0.25) is 4.18 Å². The Bertz CT molecular complexity index is 464. The van der Waals surface area contributed by atoms with Crippen LogP contribution >= 0.6 is 0 Å². The van der Waals surface area contributed by atoms with E-state index in [0.717, 1.165) is 5.56 Å². The first-order chi connectivity index (χ1) is 8.31. The molecule has 0 saturated heterocycles. The van der Waals surface area contributed by atoms with Crippen molar-refractivity contribution in [2.75, 3.05) is 6.61 Å². The van der Waals surface area contributed by atoms with Gasteiger partial charge < -0.3 is 10.2 Å². The quantitative estimate of drug-likeness (QED) is 0.751. The molecule has 102 valence electrons. The maximum absolute atomic E-state index is 11.7. The van der Waals surface area contributed by atoms with Crippen LogP contribution < -0.4 is 0 Å². The van der Waals surface area contributed by atoms with Crippen molar-refractivity contribution < 1.29 is 22.8 Å². The van der Waals surface area contributed by atoms with Gasteiger partial charge in [0, 0.05) is 6.42 Å². The van der Waals surface area contributed by atoms with Gasteiger partial charge in [0.15, 0.2) is 0 Å². The Balaban J connectivity index is 2.63. The standard InChI is InChI=1S/C12H18O5S/c1-9-3-5-12(6-4-9)18(15,16)17-8-11(14)7-10(2)13/h3-6,10-11,13-14H,7-8H2,1-2H3. The predicted molar refractivity (Wildman–Crippen MR) is 66.6 cm³/mol. The molecule has 2 unspecified atom stereocenters. The Morgan fingerprint density at radius 1 is 1.22 bits per heavy atom. The van der Waals surface area contributed by atoms with Crippen LogP contribution in [-0.2, 0) is 14.3 Å². The molecule has 5 nitrogen and oxygen atoms in total. The van der Waals surface area contributed by atoms with Crippen molar-refractivity contribution in [1.29, 1.82) is 0 Å². The number of benzene rings is 1. The van der Waals surface area contributed by atoms with Gasteiger partial charge in [-0.15, -0.1) is 0 Å². The molecule has 6 heteroatoms. The van der Waals surface area contributed by atoms with Crippen LogP contribution in [0.4, 0.5) is 0 Å². The molecule has 0 aliphatic carbocycles. The second kappa shape index (κ2) is 6.29. The van der Waals surface area contributed by atoms with E-state index in [1.54, 1.807) is 12.1 Å². The van der Waals surface area contributed by atoms with Crippen molar-refractivity contribution in [1.82, 2.24) is 0 Å². The first-order valence-electron chi connectivity index (χ1n) is 5.63. The third-order valence-corrected chi connectivity index (χ3v) is 3.63. The van der Waals surface area contributed by atoms with Crippen LogP contribution in [0.5, 0.6) is 0 Å². The van der Waals surface area contributed by atoms with Crippen molar-refractivity contribution >= 4 is 10.1 Å². The molecule has 0 spiro atoms. The van der Waals surface area contributed by atoms with E-state index in [0.29, 0.717) is 0 Å². The summed E-state index contributed by atoms with van der Waals surface area (Å²) >= 11 is 0. The molecule has 0 aliphatic rings. The summed E-state index contributed by atoms with van der Waals surface area (Å²) in [5.74, 6) is 0. The molecule has 1 aromatic carbocycles. The molecule has 0 aliphatic heterocycles. The summed E-state index contributed by atoms with van der Waals surface area (Å²) < 4.78 is 28.2. The van der Waals surface area contributed by atoms with Crippen molar-refractivity contribution in [2.24, 2.45) is 0 Å². The molecule has 0 bridgehead atoms. The first kappa shape index (κ1) is 15.1. The summed E-state index contributed by atoms with van der Waals surface area (Å²) in [5, 5.41) is 18.5. The predicted octanol–water partition coefficient (Wildman–Crippen LogP) is 0.832. The van der Waals surface area contributed by atoms with Gasteiger partial charge in [0.25, 0.3) is 10.1 Å². The van der Waals surface area contributed by atoms with Gasteiger partial charge in [-0.05, 0) is 26.0 Å². The molecule has 0 radical (unpaired) electrons. The Morgan fingerprint density at radius 3 is 2.28 bits per heavy atom. The van der Waals surface area contributed by atoms with Crippen molar-refractivity contribution in [3.63, 3.8) is 0 Å². The molecule has 0 heterocycles. The zero-order chi connectivity index (χ0) is 13.8. The Morgan fingerprint density at radius 2 is 1.78 bits per heavy atom. The number of aryl methyl sites for hydroxylation is 1. The zero-order valence-corrected chi connectivity index (χ0v) is 11.2. The molecular weight excluding hydrogens is 256 g/mol. The maximum Gasteiger partial charge on any atom is 0.297 e. The van der Waals surface area contributed by atoms with E-state index in [-0.39, 0.29) is 17.9 Å². The van der Waals surface area contributed by atoms with Crippen LogP contribution in [0, 0.1) is 6.92 Å². The van der Waals surface area contributed by atoms with Gasteiger partial charge in [0.05, 0.1) is 23.7 Å². The highest BCUT2D eigenvalue weighted by Crippen LogP contribution is 2.14. The lowest BCUT2D eigenvalue weighted by Crippen LogP contribution is -2.22. The lowest BCUT2D eigenvalue weighted by molar-refractivity contribution is 0.0574. The fourth-order valence-corrected chi connectivity index (χ4v) is 2.34. The van der Waals surface area contributed by atoms with Crippen LogP contribution in [0.3, 0.4) is 0 Å². The monoisotopic (exact) mass is 274 g/mol. The number of hydrogen-bond acceptors (Lipinski definition) is 5. The third-order valence-electron chi connectivity index (χ3n) is 2.34. The lowest BCUT2D eigenvalue weighted by atomic mass is 10.2. The highest BCUT2D eigenvalue weighted by molar-refractivity contribution is 7.86. The molecule has 2 atom stereocenters. The minimum Gasteiger partial charge on any atom is -0.393 e. The summed E-state index contributed by atoms with van der Waals surface area (Å²) in [6.45, 7) is 3.00. The van der Waals surface area contributed by atoms with Gasteiger partial charge in [0.1, 0.15) is 0 Å². The van der Waals surface area contributed by atoms with Gasteiger partial charge in [0.2, 0.25) is 0 Å².